The van der Waals surface area contributed by atoms with Gasteiger partial charge >= 0.3 is 5.97 Å². The summed E-state index contributed by atoms with van der Waals surface area (Å²) >= 11 is 0. The second-order valence-corrected chi connectivity index (χ2v) is 3.01. The second-order valence-electron chi connectivity index (χ2n) is 3.01. The van der Waals surface area contributed by atoms with E-state index in [-0.39, 0.29) is 12.0 Å². The second kappa shape index (κ2) is 1.95. The number of aliphatic carboxylic acids is 1. The highest BCUT2D eigenvalue weighted by Gasteiger charge is 2.57. The third kappa shape index (κ3) is 0.736. The summed E-state index contributed by atoms with van der Waals surface area (Å²) < 4.78 is 5.24. The molecule has 0 unspecified atom stereocenters. The highest BCUT2D eigenvalue weighted by molar-refractivity contribution is 5.75. The lowest BCUT2D eigenvalue weighted by molar-refractivity contribution is -0.139. The van der Waals surface area contributed by atoms with Crippen molar-refractivity contribution in [3.63, 3.8) is 0 Å². The standard InChI is InChI=1S/C7H10O3/c8-7(9)5-4-2-1-3-10-6(4)5/h4-6H,1-3H2,(H,8,9)/t4-,5+,6-/m1/s1. The predicted molar refractivity (Wildman–Crippen MR) is 33.6 cm³/mol. The minimum absolute atomic E-state index is 0.0613. The van der Waals surface area contributed by atoms with Gasteiger partial charge in [0, 0.05) is 12.5 Å². The van der Waals surface area contributed by atoms with Crippen molar-refractivity contribution >= 4 is 5.97 Å². The van der Waals surface area contributed by atoms with Crippen LogP contribution in [0.3, 0.4) is 0 Å². The summed E-state index contributed by atoms with van der Waals surface area (Å²) in [4.78, 5) is 10.4. The third-order valence-corrected chi connectivity index (χ3v) is 2.37. The fraction of sp³-hybridized carbons (Fsp3) is 0.857. The van der Waals surface area contributed by atoms with Crippen LogP contribution in [0.25, 0.3) is 0 Å². The Hall–Kier alpha value is -0.570. The summed E-state index contributed by atoms with van der Waals surface area (Å²) in [6, 6.07) is 0. The summed E-state index contributed by atoms with van der Waals surface area (Å²) in [5, 5.41) is 8.60. The van der Waals surface area contributed by atoms with Crippen LogP contribution in [0.15, 0.2) is 0 Å². The summed E-state index contributed by atoms with van der Waals surface area (Å²) in [5.74, 6) is -0.523. The molecular weight excluding hydrogens is 132 g/mol. The highest BCUT2D eigenvalue weighted by Crippen LogP contribution is 2.47. The molecule has 0 aromatic rings. The van der Waals surface area contributed by atoms with Gasteiger partial charge in [0.25, 0.3) is 0 Å². The molecule has 2 rings (SSSR count). The van der Waals surface area contributed by atoms with Gasteiger partial charge in [-0.1, -0.05) is 0 Å². The largest absolute Gasteiger partial charge is 0.481 e. The molecule has 10 heavy (non-hydrogen) atoms. The smallest absolute Gasteiger partial charge is 0.309 e. The van der Waals surface area contributed by atoms with Crippen LogP contribution in [0, 0.1) is 11.8 Å². The minimum Gasteiger partial charge on any atom is -0.481 e. The molecule has 2 aliphatic rings. The maximum Gasteiger partial charge on any atom is 0.309 e. The molecule has 1 saturated heterocycles. The van der Waals surface area contributed by atoms with Crippen molar-refractivity contribution in [3.8, 4) is 0 Å². The fourth-order valence-corrected chi connectivity index (χ4v) is 1.78. The average molecular weight is 142 g/mol. The van der Waals surface area contributed by atoms with Gasteiger partial charge in [-0.05, 0) is 12.8 Å². The molecule has 56 valence electrons. The van der Waals surface area contributed by atoms with Gasteiger partial charge in [-0.3, -0.25) is 4.79 Å². The Morgan fingerprint density at radius 3 is 2.90 bits per heavy atom. The van der Waals surface area contributed by atoms with Crippen LogP contribution >= 0.6 is 0 Å². The van der Waals surface area contributed by atoms with Crippen LogP contribution < -0.4 is 0 Å². The number of carboxylic acids is 1. The highest BCUT2D eigenvalue weighted by atomic mass is 16.5. The lowest BCUT2D eigenvalue weighted by Crippen LogP contribution is -2.07. The van der Waals surface area contributed by atoms with Crippen LogP contribution in [-0.2, 0) is 9.53 Å². The van der Waals surface area contributed by atoms with Crippen molar-refractivity contribution in [2.24, 2.45) is 11.8 Å². The van der Waals surface area contributed by atoms with Crippen LogP contribution in [-0.4, -0.2) is 23.8 Å². The van der Waals surface area contributed by atoms with Crippen molar-refractivity contribution in [2.75, 3.05) is 6.61 Å². The molecule has 3 atom stereocenters. The molecule has 1 saturated carbocycles. The van der Waals surface area contributed by atoms with E-state index in [0.29, 0.717) is 5.92 Å². The lowest BCUT2D eigenvalue weighted by atomic mass is 10.2. The Bertz CT molecular complexity index is 154. The first-order chi connectivity index (χ1) is 4.80. The zero-order chi connectivity index (χ0) is 7.14. The molecule has 0 bridgehead atoms. The zero-order valence-electron chi connectivity index (χ0n) is 5.62. The van der Waals surface area contributed by atoms with Crippen LogP contribution in [0.2, 0.25) is 0 Å². The first-order valence-electron chi connectivity index (χ1n) is 3.65. The Labute approximate surface area is 59.0 Å². The normalized spacial score (nSPS) is 44.2. The van der Waals surface area contributed by atoms with E-state index in [0.717, 1.165) is 19.4 Å². The minimum atomic E-state index is -0.683. The van der Waals surface area contributed by atoms with E-state index < -0.39 is 5.97 Å². The van der Waals surface area contributed by atoms with E-state index in [2.05, 4.69) is 0 Å². The Morgan fingerprint density at radius 2 is 2.40 bits per heavy atom. The van der Waals surface area contributed by atoms with Crippen molar-refractivity contribution in [2.45, 2.75) is 18.9 Å². The van der Waals surface area contributed by atoms with Gasteiger partial charge in [-0.2, -0.15) is 0 Å². The first kappa shape index (κ1) is 6.16. The average Bonchev–Trinajstić information content (AvgIpc) is 2.60. The lowest BCUT2D eigenvalue weighted by Gasteiger charge is -2.07. The number of carboxylic acid groups (broad SMARTS) is 1. The van der Waals surface area contributed by atoms with Crippen molar-refractivity contribution in [3.05, 3.63) is 0 Å². The fourth-order valence-electron chi connectivity index (χ4n) is 1.78. The third-order valence-electron chi connectivity index (χ3n) is 2.37. The Kier molecular flexibility index (Phi) is 1.20. The Balaban J connectivity index is 1.99. The molecule has 0 aromatic carbocycles. The van der Waals surface area contributed by atoms with E-state index in [1.54, 1.807) is 0 Å². The van der Waals surface area contributed by atoms with E-state index in [1.165, 1.54) is 0 Å². The molecule has 3 heteroatoms. The van der Waals surface area contributed by atoms with Gasteiger partial charge < -0.3 is 9.84 Å². The van der Waals surface area contributed by atoms with Crippen molar-refractivity contribution < 1.29 is 14.6 Å². The number of fused-ring (bicyclic) bond motifs is 1. The Morgan fingerprint density at radius 1 is 1.60 bits per heavy atom. The monoisotopic (exact) mass is 142 g/mol. The predicted octanol–water partition coefficient (Wildman–Crippen LogP) is 0.496. The summed E-state index contributed by atoms with van der Waals surface area (Å²) in [7, 11) is 0. The maximum absolute atomic E-state index is 10.4. The summed E-state index contributed by atoms with van der Waals surface area (Å²) in [5.41, 5.74) is 0. The number of ether oxygens (including phenoxy) is 1. The van der Waals surface area contributed by atoms with Gasteiger partial charge in [0.05, 0.1) is 12.0 Å². The molecule has 1 N–H and O–H groups in total. The first-order valence-corrected chi connectivity index (χ1v) is 3.65. The van der Waals surface area contributed by atoms with Gasteiger partial charge in [-0.15, -0.1) is 0 Å². The van der Waals surface area contributed by atoms with Crippen molar-refractivity contribution in [1.82, 2.24) is 0 Å². The van der Waals surface area contributed by atoms with Gasteiger partial charge in [0.1, 0.15) is 0 Å². The molecule has 3 nitrogen and oxygen atoms in total. The SMILES string of the molecule is O=C(O)[C@H]1[C@H]2CCCO[C@H]21. The maximum atomic E-state index is 10.4. The molecule has 1 aliphatic heterocycles. The number of carbonyl (C=O) groups is 1. The van der Waals surface area contributed by atoms with Gasteiger partial charge in [-0.25, -0.2) is 0 Å². The van der Waals surface area contributed by atoms with E-state index in [9.17, 15) is 4.79 Å². The molecule has 1 heterocycles. The molecular formula is C7H10O3. The number of hydrogen-bond acceptors (Lipinski definition) is 2. The van der Waals surface area contributed by atoms with E-state index in [4.69, 9.17) is 9.84 Å². The molecule has 0 radical (unpaired) electrons. The quantitative estimate of drug-likeness (QED) is 0.579. The molecule has 0 spiro atoms. The van der Waals surface area contributed by atoms with Crippen LogP contribution in [0.5, 0.6) is 0 Å². The van der Waals surface area contributed by atoms with Crippen LogP contribution in [0.1, 0.15) is 12.8 Å². The molecule has 2 fully saturated rings. The summed E-state index contributed by atoms with van der Waals surface area (Å²) in [6.45, 7) is 0.755. The summed E-state index contributed by atoms with van der Waals surface area (Å²) in [6.07, 6.45) is 2.14. The van der Waals surface area contributed by atoms with Gasteiger partial charge in [0.15, 0.2) is 0 Å². The zero-order valence-corrected chi connectivity index (χ0v) is 5.62. The molecule has 0 amide bonds. The van der Waals surface area contributed by atoms with E-state index >= 15 is 0 Å². The molecule has 0 aromatic heterocycles. The topological polar surface area (TPSA) is 46.5 Å². The van der Waals surface area contributed by atoms with E-state index in [1.807, 2.05) is 0 Å². The van der Waals surface area contributed by atoms with Crippen LogP contribution in [0.4, 0.5) is 0 Å². The van der Waals surface area contributed by atoms with Crippen molar-refractivity contribution in [1.29, 1.82) is 0 Å². The number of hydrogen-bond donors (Lipinski definition) is 1. The number of rotatable bonds is 1. The van der Waals surface area contributed by atoms with Gasteiger partial charge in [0.2, 0.25) is 0 Å². The molecule has 1 aliphatic carbocycles.